The third kappa shape index (κ3) is 2.81. The molecule has 0 saturated heterocycles. The minimum atomic E-state index is 0.203. The summed E-state index contributed by atoms with van der Waals surface area (Å²) >= 11 is 0. The first-order chi connectivity index (χ1) is 6.41. The van der Waals surface area contributed by atoms with Crippen LogP contribution >= 0.6 is 0 Å². The average Bonchev–Trinajstić information content (AvgIpc) is 2.01. The predicted octanol–water partition coefficient (Wildman–Crippen LogP) is 2.44. The highest BCUT2D eigenvalue weighted by Gasteiger charge is 2.17. The van der Waals surface area contributed by atoms with E-state index < -0.39 is 0 Å². The third-order valence-electron chi connectivity index (χ3n) is 2.20. The van der Waals surface area contributed by atoms with Crippen molar-refractivity contribution in [2.45, 2.75) is 32.7 Å². The van der Waals surface area contributed by atoms with Crippen LogP contribution in [0.25, 0.3) is 0 Å². The Bertz CT molecular complexity index is 297. The zero-order valence-corrected chi connectivity index (χ0v) is 9.83. The number of nitrogens with zero attached hydrogens (tertiary/aromatic N) is 2. The fourth-order valence-electron chi connectivity index (χ4n) is 1.63. The van der Waals surface area contributed by atoms with Gasteiger partial charge in [-0.05, 0) is 36.7 Å². The Balaban J connectivity index is 3.04. The molecule has 2 heteroatoms. The van der Waals surface area contributed by atoms with Crippen molar-refractivity contribution in [3.8, 4) is 0 Å². The molecule has 1 aromatic heterocycles. The van der Waals surface area contributed by atoms with Crippen molar-refractivity contribution in [1.29, 1.82) is 0 Å². The van der Waals surface area contributed by atoms with Gasteiger partial charge in [0.15, 0.2) is 0 Å². The highest BCUT2D eigenvalue weighted by Crippen LogP contribution is 2.25. The maximum Gasteiger partial charge on any atom is 0.0315 e. The molecule has 2 nitrogen and oxygen atoms in total. The lowest BCUT2D eigenvalue weighted by Gasteiger charge is -2.23. The van der Waals surface area contributed by atoms with Gasteiger partial charge in [0.2, 0.25) is 0 Å². The van der Waals surface area contributed by atoms with E-state index in [9.17, 15) is 0 Å². The lowest BCUT2D eigenvalue weighted by molar-refractivity contribution is 0.396. The van der Waals surface area contributed by atoms with Crippen LogP contribution in [-0.2, 0) is 12.0 Å². The van der Waals surface area contributed by atoms with Crippen molar-refractivity contribution in [2.24, 2.45) is 0 Å². The molecule has 0 aliphatic carbocycles. The van der Waals surface area contributed by atoms with Crippen LogP contribution in [0.2, 0.25) is 0 Å². The quantitative estimate of drug-likeness (QED) is 0.715. The van der Waals surface area contributed by atoms with Gasteiger partial charge in [0.1, 0.15) is 0 Å². The van der Waals surface area contributed by atoms with Crippen LogP contribution < -0.4 is 0 Å². The van der Waals surface area contributed by atoms with Gasteiger partial charge in [-0.3, -0.25) is 4.98 Å². The maximum absolute atomic E-state index is 4.19. The van der Waals surface area contributed by atoms with Crippen molar-refractivity contribution in [2.75, 3.05) is 14.1 Å². The van der Waals surface area contributed by atoms with E-state index in [-0.39, 0.29) is 5.41 Å². The molecule has 0 aromatic carbocycles. The highest BCUT2D eigenvalue weighted by atomic mass is 15.0. The van der Waals surface area contributed by atoms with E-state index in [1.165, 1.54) is 11.1 Å². The van der Waals surface area contributed by atoms with Crippen LogP contribution in [0.5, 0.6) is 0 Å². The average molecular weight is 192 g/mol. The normalized spacial score (nSPS) is 12.1. The van der Waals surface area contributed by atoms with Gasteiger partial charge in [-0.2, -0.15) is 0 Å². The molecule has 0 spiro atoms. The number of pyridine rings is 1. The Kier molecular flexibility index (Phi) is 3.27. The van der Waals surface area contributed by atoms with Gasteiger partial charge < -0.3 is 4.90 Å². The van der Waals surface area contributed by atoms with E-state index in [1.807, 2.05) is 12.4 Å². The van der Waals surface area contributed by atoms with Gasteiger partial charge in [0.25, 0.3) is 0 Å². The molecule has 0 N–H and O–H groups in total. The molecule has 0 bridgehead atoms. The summed E-state index contributed by atoms with van der Waals surface area (Å²) < 4.78 is 0. The Hall–Kier alpha value is -0.890. The second-order valence-electron chi connectivity index (χ2n) is 5.02. The van der Waals surface area contributed by atoms with Gasteiger partial charge in [-0.1, -0.05) is 20.8 Å². The Morgan fingerprint density at radius 1 is 1.29 bits per heavy atom. The molecule has 14 heavy (non-hydrogen) atoms. The van der Waals surface area contributed by atoms with Crippen molar-refractivity contribution in [3.05, 3.63) is 29.6 Å². The van der Waals surface area contributed by atoms with Gasteiger partial charge in [0.05, 0.1) is 0 Å². The molecule has 0 amide bonds. The molecule has 0 aliphatic heterocycles. The Morgan fingerprint density at radius 3 is 2.43 bits per heavy atom. The fourth-order valence-corrected chi connectivity index (χ4v) is 1.63. The number of hydrogen-bond acceptors (Lipinski definition) is 2. The standard InChI is InChI=1S/C12H20N2/c1-12(2,3)11-6-7-13-8-10(11)9-14(4)5/h6-8H,9H2,1-5H3. The number of rotatable bonds is 2. The summed E-state index contributed by atoms with van der Waals surface area (Å²) in [5.74, 6) is 0. The maximum atomic E-state index is 4.19. The largest absolute Gasteiger partial charge is 0.305 e. The van der Waals surface area contributed by atoms with Crippen LogP contribution in [0.1, 0.15) is 31.9 Å². The van der Waals surface area contributed by atoms with E-state index in [0.29, 0.717) is 0 Å². The van der Waals surface area contributed by atoms with Crippen molar-refractivity contribution < 1.29 is 0 Å². The lowest BCUT2D eigenvalue weighted by atomic mass is 9.84. The van der Waals surface area contributed by atoms with Gasteiger partial charge in [0, 0.05) is 18.9 Å². The van der Waals surface area contributed by atoms with E-state index in [4.69, 9.17) is 0 Å². The number of aromatic nitrogens is 1. The SMILES string of the molecule is CN(C)Cc1cnccc1C(C)(C)C. The summed E-state index contributed by atoms with van der Waals surface area (Å²) in [5.41, 5.74) is 2.92. The fraction of sp³-hybridized carbons (Fsp3) is 0.583. The second kappa shape index (κ2) is 4.09. The second-order valence-corrected chi connectivity index (χ2v) is 5.02. The Morgan fingerprint density at radius 2 is 1.93 bits per heavy atom. The van der Waals surface area contributed by atoms with Crippen LogP contribution in [-0.4, -0.2) is 24.0 Å². The summed E-state index contributed by atoms with van der Waals surface area (Å²) in [6.07, 6.45) is 3.85. The molecule has 0 radical (unpaired) electrons. The van der Waals surface area contributed by atoms with Crippen LogP contribution in [0.4, 0.5) is 0 Å². The molecular formula is C12H20N2. The summed E-state index contributed by atoms with van der Waals surface area (Å²) in [6.45, 7) is 7.67. The first-order valence-corrected chi connectivity index (χ1v) is 4.99. The third-order valence-corrected chi connectivity index (χ3v) is 2.20. The van der Waals surface area contributed by atoms with Gasteiger partial charge >= 0.3 is 0 Å². The smallest absolute Gasteiger partial charge is 0.0315 e. The van der Waals surface area contributed by atoms with Gasteiger partial charge in [-0.15, -0.1) is 0 Å². The minimum Gasteiger partial charge on any atom is -0.305 e. The van der Waals surface area contributed by atoms with Crippen molar-refractivity contribution >= 4 is 0 Å². The zero-order valence-electron chi connectivity index (χ0n) is 9.83. The Labute approximate surface area is 87.0 Å². The molecule has 0 saturated carbocycles. The summed E-state index contributed by atoms with van der Waals surface area (Å²) in [5, 5.41) is 0. The summed E-state index contributed by atoms with van der Waals surface area (Å²) in [4.78, 5) is 6.36. The topological polar surface area (TPSA) is 16.1 Å². The minimum absolute atomic E-state index is 0.203. The molecule has 1 aromatic rings. The molecule has 0 fully saturated rings. The summed E-state index contributed by atoms with van der Waals surface area (Å²) in [7, 11) is 4.17. The van der Waals surface area contributed by atoms with Crippen LogP contribution in [0.15, 0.2) is 18.5 Å². The van der Waals surface area contributed by atoms with Crippen LogP contribution in [0, 0.1) is 0 Å². The van der Waals surface area contributed by atoms with Crippen molar-refractivity contribution in [1.82, 2.24) is 9.88 Å². The molecule has 78 valence electrons. The first kappa shape index (κ1) is 11.2. The summed E-state index contributed by atoms with van der Waals surface area (Å²) in [6, 6.07) is 2.12. The van der Waals surface area contributed by atoms with E-state index in [2.05, 4.69) is 50.8 Å². The van der Waals surface area contributed by atoms with E-state index in [0.717, 1.165) is 6.54 Å². The molecule has 1 rings (SSSR count). The van der Waals surface area contributed by atoms with Crippen molar-refractivity contribution in [3.63, 3.8) is 0 Å². The van der Waals surface area contributed by atoms with E-state index in [1.54, 1.807) is 0 Å². The molecule has 0 aliphatic rings. The van der Waals surface area contributed by atoms with Crippen LogP contribution in [0.3, 0.4) is 0 Å². The molecule has 1 heterocycles. The lowest BCUT2D eigenvalue weighted by Crippen LogP contribution is -2.19. The molecule has 0 unspecified atom stereocenters. The number of hydrogen-bond donors (Lipinski definition) is 0. The molecule has 0 atom stereocenters. The first-order valence-electron chi connectivity index (χ1n) is 4.99. The highest BCUT2D eigenvalue weighted by molar-refractivity contribution is 5.29. The monoisotopic (exact) mass is 192 g/mol. The van der Waals surface area contributed by atoms with E-state index >= 15 is 0 Å². The molecular weight excluding hydrogens is 172 g/mol. The van der Waals surface area contributed by atoms with Gasteiger partial charge in [-0.25, -0.2) is 0 Å². The predicted molar refractivity (Wildman–Crippen MR) is 60.3 cm³/mol. The zero-order chi connectivity index (χ0) is 10.8.